The van der Waals surface area contributed by atoms with Crippen molar-refractivity contribution in [2.24, 2.45) is 5.73 Å². The van der Waals surface area contributed by atoms with Crippen LogP contribution in [0.5, 0.6) is 11.5 Å². The van der Waals surface area contributed by atoms with E-state index in [9.17, 15) is 4.79 Å². The Hall–Kier alpha value is -1.72. The zero-order chi connectivity index (χ0) is 12.0. The molecule has 1 aliphatic heterocycles. The highest BCUT2D eigenvalue weighted by Gasteiger charge is 2.29. The largest absolute Gasteiger partial charge is 0.490 e. The van der Waals surface area contributed by atoms with Gasteiger partial charge >= 0.3 is 5.97 Å². The first kappa shape index (κ1) is 12.7. The zero-order valence-corrected chi connectivity index (χ0v) is 10.5. The van der Waals surface area contributed by atoms with Gasteiger partial charge in [-0.2, -0.15) is 0 Å². The zero-order valence-electron chi connectivity index (χ0n) is 9.64. The summed E-state index contributed by atoms with van der Waals surface area (Å²) in [6.07, 6.45) is 1.74. The third-order valence-electron chi connectivity index (χ3n) is 2.89. The molecule has 96 valence electrons. The van der Waals surface area contributed by atoms with Crippen LogP contribution >= 0.6 is 12.4 Å². The Bertz CT molecular complexity index is 607. The number of rotatable bonds is 1. The van der Waals surface area contributed by atoms with Crippen molar-refractivity contribution >= 4 is 29.3 Å². The van der Waals surface area contributed by atoms with Crippen LogP contribution in [0.25, 0.3) is 11.0 Å². The topological polar surface area (TPSA) is 74.7 Å². The number of halogens is 1. The first-order valence-electron chi connectivity index (χ1n) is 5.25. The number of carbonyl (C=O) groups is 1. The number of nitrogens with two attached hydrogens (primary N) is 1. The van der Waals surface area contributed by atoms with Gasteiger partial charge in [0.1, 0.15) is 0 Å². The summed E-state index contributed by atoms with van der Waals surface area (Å²) in [5.41, 5.74) is 7.27. The molecule has 0 saturated carbocycles. The van der Waals surface area contributed by atoms with E-state index in [1.807, 2.05) is 12.1 Å². The molecule has 1 aliphatic rings. The fraction of sp³-hybridized carbons (Fsp3) is 0.250. The minimum absolute atomic E-state index is 0. The van der Waals surface area contributed by atoms with Crippen molar-refractivity contribution in [1.29, 1.82) is 0 Å². The first-order chi connectivity index (χ1) is 8.20. The number of esters is 1. The van der Waals surface area contributed by atoms with Crippen molar-refractivity contribution in [3.8, 4) is 11.5 Å². The lowest BCUT2D eigenvalue weighted by molar-refractivity contribution is -0.136. The van der Waals surface area contributed by atoms with Gasteiger partial charge in [-0.3, -0.25) is 4.79 Å². The predicted molar refractivity (Wildman–Crippen MR) is 67.2 cm³/mol. The van der Waals surface area contributed by atoms with E-state index in [4.69, 9.17) is 19.6 Å². The minimum Gasteiger partial charge on any atom is -0.490 e. The van der Waals surface area contributed by atoms with Gasteiger partial charge in [-0.15, -0.1) is 12.4 Å². The molecule has 18 heavy (non-hydrogen) atoms. The standard InChI is InChI=1S/C12H11NO4.ClH/c1-15-12-10-6(2-3-16-10)4-7-8(13)5-9(14)17-11(7)12;/h2-4,8H,5,13H2,1H3;1H. The molecule has 1 aromatic heterocycles. The fourth-order valence-electron chi connectivity index (χ4n) is 2.10. The molecule has 2 N–H and O–H groups in total. The molecule has 6 heteroatoms. The number of methoxy groups -OCH3 is 1. The summed E-state index contributed by atoms with van der Waals surface area (Å²) >= 11 is 0. The second-order valence-electron chi connectivity index (χ2n) is 3.95. The highest BCUT2D eigenvalue weighted by Crippen LogP contribution is 2.44. The van der Waals surface area contributed by atoms with Gasteiger partial charge in [-0.25, -0.2) is 0 Å². The van der Waals surface area contributed by atoms with Crippen molar-refractivity contribution in [3.63, 3.8) is 0 Å². The molecular weight excluding hydrogens is 258 g/mol. The SMILES string of the molecule is COc1c2c(cc3ccoc13)C(N)CC(=O)O2.Cl. The van der Waals surface area contributed by atoms with Crippen LogP contribution in [-0.4, -0.2) is 13.1 Å². The Morgan fingerprint density at radius 1 is 1.50 bits per heavy atom. The van der Waals surface area contributed by atoms with Gasteiger partial charge in [0.2, 0.25) is 5.75 Å². The number of fused-ring (bicyclic) bond motifs is 2. The fourth-order valence-corrected chi connectivity index (χ4v) is 2.10. The molecule has 0 spiro atoms. The number of benzene rings is 1. The number of hydrogen-bond acceptors (Lipinski definition) is 5. The molecule has 0 fully saturated rings. The smallest absolute Gasteiger partial charge is 0.313 e. The first-order valence-corrected chi connectivity index (χ1v) is 5.25. The summed E-state index contributed by atoms with van der Waals surface area (Å²) in [6, 6.07) is 3.33. The van der Waals surface area contributed by atoms with Crippen molar-refractivity contribution in [3.05, 3.63) is 24.0 Å². The third-order valence-corrected chi connectivity index (χ3v) is 2.89. The van der Waals surface area contributed by atoms with Gasteiger partial charge < -0.3 is 19.6 Å². The van der Waals surface area contributed by atoms with Crippen molar-refractivity contribution in [2.45, 2.75) is 12.5 Å². The summed E-state index contributed by atoms with van der Waals surface area (Å²) in [5.74, 6) is 0.443. The van der Waals surface area contributed by atoms with E-state index in [1.165, 1.54) is 7.11 Å². The van der Waals surface area contributed by atoms with Crippen LogP contribution in [0.15, 0.2) is 22.8 Å². The van der Waals surface area contributed by atoms with Gasteiger partial charge in [0.15, 0.2) is 11.3 Å². The lowest BCUT2D eigenvalue weighted by Crippen LogP contribution is -2.25. The summed E-state index contributed by atoms with van der Waals surface area (Å²) in [5, 5.41) is 0.883. The second-order valence-corrected chi connectivity index (χ2v) is 3.95. The van der Waals surface area contributed by atoms with E-state index < -0.39 is 0 Å². The van der Waals surface area contributed by atoms with Crippen LogP contribution < -0.4 is 15.2 Å². The van der Waals surface area contributed by atoms with E-state index in [-0.39, 0.29) is 30.8 Å². The third kappa shape index (κ3) is 1.72. The molecule has 0 amide bonds. The van der Waals surface area contributed by atoms with Crippen molar-refractivity contribution in [1.82, 2.24) is 0 Å². The predicted octanol–water partition coefficient (Wildman–Crippen LogP) is 2.17. The lowest BCUT2D eigenvalue weighted by Gasteiger charge is -2.22. The summed E-state index contributed by atoms with van der Waals surface area (Å²) in [6.45, 7) is 0. The number of carbonyl (C=O) groups excluding carboxylic acids is 1. The molecule has 1 unspecified atom stereocenters. The highest BCUT2D eigenvalue weighted by atomic mass is 35.5. The van der Waals surface area contributed by atoms with Crippen LogP contribution in [0, 0.1) is 0 Å². The molecule has 5 nitrogen and oxygen atoms in total. The molecular formula is C12H12ClNO4. The molecule has 0 bridgehead atoms. The average molecular weight is 270 g/mol. The van der Waals surface area contributed by atoms with E-state index in [0.29, 0.717) is 17.1 Å². The highest BCUT2D eigenvalue weighted by molar-refractivity contribution is 5.90. The monoisotopic (exact) mass is 269 g/mol. The van der Waals surface area contributed by atoms with E-state index in [1.54, 1.807) is 6.26 Å². The van der Waals surface area contributed by atoms with Crippen molar-refractivity contribution in [2.75, 3.05) is 7.11 Å². The molecule has 2 heterocycles. The van der Waals surface area contributed by atoms with E-state index in [2.05, 4.69) is 0 Å². The number of hydrogen-bond donors (Lipinski definition) is 1. The quantitative estimate of drug-likeness (QED) is 0.634. The van der Waals surface area contributed by atoms with Gasteiger partial charge in [0.25, 0.3) is 0 Å². The molecule has 0 saturated heterocycles. The summed E-state index contributed by atoms with van der Waals surface area (Å²) in [4.78, 5) is 11.4. The molecule has 2 aromatic rings. The van der Waals surface area contributed by atoms with Gasteiger partial charge in [0, 0.05) is 17.0 Å². The number of furan rings is 1. The Morgan fingerprint density at radius 3 is 3.00 bits per heavy atom. The van der Waals surface area contributed by atoms with Crippen LogP contribution in [0.4, 0.5) is 0 Å². The molecule has 1 aromatic carbocycles. The lowest BCUT2D eigenvalue weighted by atomic mass is 9.99. The maximum atomic E-state index is 11.4. The van der Waals surface area contributed by atoms with Crippen LogP contribution in [0.1, 0.15) is 18.0 Å². The molecule has 0 radical (unpaired) electrons. The number of ether oxygens (including phenoxy) is 2. The van der Waals surface area contributed by atoms with Crippen LogP contribution in [0.3, 0.4) is 0 Å². The van der Waals surface area contributed by atoms with E-state index in [0.717, 1.165) is 10.9 Å². The molecule has 0 aliphatic carbocycles. The Labute approximate surface area is 109 Å². The minimum atomic E-state index is -0.362. The van der Waals surface area contributed by atoms with E-state index >= 15 is 0 Å². The maximum Gasteiger partial charge on any atom is 0.313 e. The summed E-state index contributed by atoms with van der Waals surface area (Å²) in [7, 11) is 1.51. The Balaban J connectivity index is 0.00000120. The normalized spacial score (nSPS) is 17.9. The van der Waals surface area contributed by atoms with Gasteiger partial charge in [0.05, 0.1) is 19.8 Å². The Morgan fingerprint density at radius 2 is 2.28 bits per heavy atom. The maximum absolute atomic E-state index is 11.4. The van der Waals surface area contributed by atoms with Crippen LogP contribution in [-0.2, 0) is 4.79 Å². The van der Waals surface area contributed by atoms with Crippen molar-refractivity contribution < 1.29 is 18.7 Å². The van der Waals surface area contributed by atoms with Crippen LogP contribution in [0.2, 0.25) is 0 Å². The summed E-state index contributed by atoms with van der Waals surface area (Å²) < 4.78 is 15.8. The van der Waals surface area contributed by atoms with Gasteiger partial charge in [-0.1, -0.05) is 0 Å². The van der Waals surface area contributed by atoms with Gasteiger partial charge in [-0.05, 0) is 12.1 Å². The Kier molecular flexibility index (Phi) is 3.19. The molecule has 1 atom stereocenters. The molecule has 3 rings (SSSR count). The second kappa shape index (κ2) is 4.51. The average Bonchev–Trinajstić information content (AvgIpc) is 2.74.